The number of rotatable bonds is 4. The second kappa shape index (κ2) is 4.74. The van der Waals surface area contributed by atoms with Gasteiger partial charge in [-0.15, -0.1) is 0 Å². The molecule has 3 heteroatoms. The number of carbonyl (C=O) groups is 2. The van der Waals surface area contributed by atoms with Gasteiger partial charge < -0.3 is 5.11 Å². The molecule has 0 radical (unpaired) electrons. The molecule has 0 spiro atoms. The van der Waals surface area contributed by atoms with Gasteiger partial charge in [-0.25, -0.2) is 4.79 Å². The SMILES string of the molecule is CCCCC1C(=O)C=CC=C1C(=O)O. The molecule has 1 aliphatic carbocycles. The maximum Gasteiger partial charge on any atom is 0.332 e. The summed E-state index contributed by atoms with van der Waals surface area (Å²) in [5.41, 5.74) is 0.228. The zero-order valence-electron chi connectivity index (χ0n) is 8.19. The number of allylic oxidation sites excluding steroid dienone is 3. The molecular weight excluding hydrogens is 180 g/mol. The van der Waals surface area contributed by atoms with E-state index in [1.807, 2.05) is 6.92 Å². The first-order valence-electron chi connectivity index (χ1n) is 4.82. The quantitative estimate of drug-likeness (QED) is 0.744. The lowest BCUT2D eigenvalue weighted by molar-refractivity contribution is -0.134. The van der Waals surface area contributed by atoms with Crippen molar-refractivity contribution in [2.75, 3.05) is 0 Å². The summed E-state index contributed by atoms with van der Waals surface area (Å²) in [4.78, 5) is 22.2. The Hall–Kier alpha value is -1.38. The molecule has 0 saturated heterocycles. The molecule has 14 heavy (non-hydrogen) atoms. The van der Waals surface area contributed by atoms with Crippen molar-refractivity contribution < 1.29 is 14.7 Å². The Morgan fingerprint density at radius 2 is 2.29 bits per heavy atom. The molecule has 0 heterocycles. The minimum atomic E-state index is -0.983. The van der Waals surface area contributed by atoms with Crippen molar-refractivity contribution in [3.63, 3.8) is 0 Å². The van der Waals surface area contributed by atoms with Gasteiger partial charge in [0.05, 0.1) is 5.92 Å². The van der Waals surface area contributed by atoms with Crippen molar-refractivity contribution in [2.45, 2.75) is 26.2 Å². The summed E-state index contributed by atoms with van der Waals surface area (Å²) in [6, 6.07) is 0. The fraction of sp³-hybridized carbons (Fsp3) is 0.455. The van der Waals surface area contributed by atoms with E-state index in [4.69, 9.17) is 5.11 Å². The molecule has 0 aromatic carbocycles. The molecule has 1 rings (SSSR count). The smallest absolute Gasteiger partial charge is 0.332 e. The largest absolute Gasteiger partial charge is 0.478 e. The molecule has 0 amide bonds. The minimum absolute atomic E-state index is 0.0849. The number of carboxylic acid groups (broad SMARTS) is 1. The third kappa shape index (κ3) is 2.31. The van der Waals surface area contributed by atoms with E-state index in [1.54, 1.807) is 0 Å². The van der Waals surface area contributed by atoms with E-state index < -0.39 is 11.9 Å². The normalized spacial score (nSPS) is 20.8. The highest BCUT2D eigenvalue weighted by Crippen LogP contribution is 2.23. The number of hydrogen-bond donors (Lipinski definition) is 1. The van der Waals surface area contributed by atoms with Gasteiger partial charge in [0, 0.05) is 5.57 Å². The molecule has 0 saturated carbocycles. The zero-order valence-corrected chi connectivity index (χ0v) is 8.19. The number of carboxylic acids is 1. The highest BCUT2D eigenvalue weighted by atomic mass is 16.4. The summed E-state index contributed by atoms with van der Waals surface area (Å²) in [6.07, 6.45) is 6.97. The second-order valence-corrected chi connectivity index (χ2v) is 3.38. The summed E-state index contributed by atoms with van der Waals surface area (Å²) in [7, 11) is 0. The van der Waals surface area contributed by atoms with Gasteiger partial charge in [0.25, 0.3) is 0 Å². The van der Waals surface area contributed by atoms with E-state index in [0.717, 1.165) is 12.8 Å². The first-order valence-corrected chi connectivity index (χ1v) is 4.82. The molecule has 0 bridgehead atoms. The minimum Gasteiger partial charge on any atom is -0.478 e. The molecule has 76 valence electrons. The van der Waals surface area contributed by atoms with Gasteiger partial charge in [0.2, 0.25) is 0 Å². The zero-order chi connectivity index (χ0) is 10.6. The van der Waals surface area contributed by atoms with E-state index in [9.17, 15) is 9.59 Å². The topological polar surface area (TPSA) is 54.4 Å². The highest BCUT2D eigenvalue weighted by molar-refractivity contribution is 6.03. The maximum absolute atomic E-state index is 11.4. The maximum atomic E-state index is 11.4. The van der Waals surface area contributed by atoms with Crippen LogP contribution in [-0.2, 0) is 9.59 Å². The summed E-state index contributed by atoms with van der Waals surface area (Å²) < 4.78 is 0. The lowest BCUT2D eigenvalue weighted by atomic mass is 9.86. The molecule has 0 aliphatic heterocycles. The Bertz CT molecular complexity index is 300. The van der Waals surface area contributed by atoms with Crippen molar-refractivity contribution in [1.29, 1.82) is 0 Å². The van der Waals surface area contributed by atoms with Crippen molar-refractivity contribution in [1.82, 2.24) is 0 Å². The van der Waals surface area contributed by atoms with Gasteiger partial charge in [0.15, 0.2) is 5.78 Å². The van der Waals surface area contributed by atoms with Crippen LogP contribution in [0.15, 0.2) is 23.8 Å². The van der Waals surface area contributed by atoms with Crippen LogP contribution < -0.4 is 0 Å². The van der Waals surface area contributed by atoms with Crippen LogP contribution in [0.3, 0.4) is 0 Å². The average Bonchev–Trinajstić information content (AvgIpc) is 2.15. The van der Waals surface area contributed by atoms with Crippen molar-refractivity contribution in [2.24, 2.45) is 5.92 Å². The molecule has 1 aliphatic rings. The van der Waals surface area contributed by atoms with E-state index in [-0.39, 0.29) is 11.4 Å². The predicted octanol–water partition coefficient (Wildman–Crippen LogP) is 1.94. The number of hydrogen-bond acceptors (Lipinski definition) is 2. The van der Waals surface area contributed by atoms with Crippen LogP contribution in [0.1, 0.15) is 26.2 Å². The van der Waals surface area contributed by atoms with Crippen LogP contribution in [0.4, 0.5) is 0 Å². The molecule has 0 aromatic heterocycles. The third-order valence-electron chi connectivity index (χ3n) is 2.35. The highest BCUT2D eigenvalue weighted by Gasteiger charge is 2.26. The van der Waals surface area contributed by atoms with Crippen LogP contribution >= 0.6 is 0 Å². The molecule has 1 atom stereocenters. The summed E-state index contributed by atoms with van der Waals surface area (Å²) in [5.74, 6) is -1.50. The fourth-order valence-electron chi connectivity index (χ4n) is 1.56. The van der Waals surface area contributed by atoms with Crippen LogP contribution in [0.2, 0.25) is 0 Å². The average molecular weight is 194 g/mol. The Balaban J connectivity index is 2.78. The number of aliphatic carboxylic acids is 1. The lowest BCUT2D eigenvalue weighted by Gasteiger charge is -2.16. The predicted molar refractivity (Wildman–Crippen MR) is 52.9 cm³/mol. The van der Waals surface area contributed by atoms with E-state index >= 15 is 0 Å². The Labute approximate surface area is 83.1 Å². The van der Waals surface area contributed by atoms with Crippen LogP contribution in [0.5, 0.6) is 0 Å². The summed E-state index contributed by atoms with van der Waals surface area (Å²) in [5, 5.41) is 8.87. The number of unbranched alkanes of at least 4 members (excludes halogenated alkanes) is 1. The van der Waals surface area contributed by atoms with E-state index in [0.29, 0.717) is 6.42 Å². The van der Waals surface area contributed by atoms with Gasteiger partial charge in [-0.2, -0.15) is 0 Å². The standard InChI is InChI=1S/C11H14O3/c1-2-3-5-8-9(11(13)14)6-4-7-10(8)12/h4,6-8H,2-3,5H2,1H3,(H,13,14). The van der Waals surface area contributed by atoms with E-state index in [2.05, 4.69) is 0 Å². The Morgan fingerprint density at radius 1 is 1.57 bits per heavy atom. The van der Waals surface area contributed by atoms with Gasteiger partial charge in [-0.3, -0.25) is 4.79 Å². The first kappa shape index (κ1) is 10.7. The van der Waals surface area contributed by atoms with Crippen molar-refractivity contribution in [3.8, 4) is 0 Å². The Kier molecular flexibility index (Phi) is 3.63. The molecule has 1 N–H and O–H groups in total. The van der Waals surface area contributed by atoms with Gasteiger partial charge in [0.1, 0.15) is 0 Å². The monoisotopic (exact) mass is 194 g/mol. The van der Waals surface area contributed by atoms with Crippen LogP contribution in [-0.4, -0.2) is 16.9 Å². The third-order valence-corrected chi connectivity index (χ3v) is 2.35. The number of ketones is 1. The molecule has 0 aromatic rings. The van der Waals surface area contributed by atoms with E-state index in [1.165, 1.54) is 18.2 Å². The van der Waals surface area contributed by atoms with Crippen molar-refractivity contribution in [3.05, 3.63) is 23.8 Å². The van der Waals surface area contributed by atoms with Gasteiger partial charge >= 0.3 is 5.97 Å². The van der Waals surface area contributed by atoms with Crippen molar-refractivity contribution >= 4 is 11.8 Å². The Morgan fingerprint density at radius 3 is 2.86 bits per heavy atom. The van der Waals surface area contributed by atoms with Gasteiger partial charge in [-0.1, -0.05) is 31.9 Å². The first-order chi connectivity index (χ1) is 6.66. The molecule has 3 nitrogen and oxygen atoms in total. The van der Waals surface area contributed by atoms with Gasteiger partial charge in [-0.05, 0) is 12.5 Å². The second-order valence-electron chi connectivity index (χ2n) is 3.38. The summed E-state index contributed by atoms with van der Waals surface area (Å²) >= 11 is 0. The number of carbonyl (C=O) groups excluding carboxylic acids is 1. The van der Waals surface area contributed by atoms with Crippen LogP contribution in [0, 0.1) is 5.92 Å². The fourth-order valence-corrected chi connectivity index (χ4v) is 1.56. The molecule has 0 fully saturated rings. The van der Waals surface area contributed by atoms with Crippen LogP contribution in [0.25, 0.3) is 0 Å². The lowest BCUT2D eigenvalue weighted by Crippen LogP contribution is -2.22. The summed E-state index contributed by atoms with van der Waals surface area (Å²) in [6.45, 7) is 2.02. The molecular formula is C11H14O3. The molecule has 1 unspecified atom stereocenters.